The first-order chi connectivity index (χ1) is 9.06. The Balaban J connectivity index is 2.05. The lowest BCUT2D eigenvalue weighted by atomic mass is 10.1. The van der Waals surface area contributed by atoms with Crippen LogP contribution in [0.4, 0.5) is 0 Å². The summed E-state index contributed by atoms with van der Waals surface area (Å²) in [4.78, 5) is 12.7. The van der Waals surface area contributed by atoms with Gasteiger partial charge in [-0.05, 0) is 30.7 Å². The number of halogens is 1. The van der Waals surface area contributed by atoms with E-state index in [1.807, 2.05) is 31.2 Å². The summed E-state index contributed by atoms with van der Waals surface area (Å²) in [6.07, 6.45) is 0. The van der Waals surface area contributed by atoms with E-state index in [2.05, 4.69) is 17.9 Å². The molecular weight excluding hydrogens is 278 g/mol. The normalized spacial score (nSPS) is 10.3. The number of rotatable bonds is 3. The molecule has 0 aliphatic rings. The van der Waals surface area contributed by atoms with Crippen molar-refractivity contribution in [3.8, 4) is 0 Å². The number of hydrogen-bond acceptors (Lipinski definition) is 2. The molecule has 0 unspecified atom stereocenters. The van der Waals surface area contributed by atoms with Crippen LogP contribution in [-0.4, -0.2) is 5.91 Å². The molecule has 19 heavy (non-hydrogen) atoms. The van der Waals surface area contributed by atoms with Gasteiger partial charge in [-0.25, -0.2) is 0 Å². The molecule has 98 valence electrons. The van der Waals surface area contributed by atoms with E-state index in [9.17, 15) is 4.79 Å². The maximum Gasteiger partial charge on any atom is 0.253 e. The Hall–Kier alpha value is -1.45. The average Bonchev–Trinajstić information content (AvgIpc) is 2.40. The number of nitrogens with one attached hydrogen (secondary N) is 1. The molecule has 2 nitrogen and oxygen atoms in total. The van der Waals surface area contributed by atoms with E-state index in [0.29, 0.717) is 22.0 Å². The van der Waals surface area contributed by atoms with Gasteiger partial charge in [-0.3, -0.25) is 4.79 Å². The molecule has 1 N–H and O–H groups in total. The van der Waals surface area contributed by atoms with Crippen molar-refractivity contribution in [1.29, 1.82) is 0 Å². The molecule has 0 saturated carbocycles. The smallest absolute Gasteiger partial charge is 0.253 e. The molecular formula is C15H14ClNOS. The SMILES string of the molecule is Cc1ccc(CNC(=O)c2cc(S)ccc2Cl)cc1. The van der Waals surface area contributed by atoms with Crippen molar-refractivity contribution in [2.75, 3.05) is 0 Å². The summed E-state index contributed by atoms with van der Waals surface area (Å²) in [5.41, 5.74) is 2.69. The van der Waals surface area contributed by atoms with Crippen molar-refractivity contribution in [1.82, 2.24) is 5.32 Å². The first-order valence-electron chi connectivity index (χ1n) is 5.88. The molecule has 0 heterocycles. The van der Waals surface area contributed by atoms with Crippen LogP contribution in [0.15, 0.2) is 47.4 Å². The molecule has 0 aliphatic carbocycles. The van der Waals surface area contributed by atoms with Gasteiger partial charge in [0.05, 0.1) is 10.6 Å². The van der Waals surface area contributed by atoms with Crippen LogP contribution in [0.1, 0.15) is 21.5 Å². The van der Waals surface area contributed by atoms with Gasteiger partial charge in [-0.2, -0.15) is 0 Å². The summed E-state index contributed by atoms with van der Waals surface area (Å²) in [5.74, 6) is -0.193. The maximum absolute atomic E-state index is 12.0. The van der Waals surface area contributed by atoms with Gasteiger partial charge < -0.3 is 5.32 Å². The lowest BCUT2D eigenvalue weighted by Crippen LogP contribution is -2.23. The summed E-state index contributed by atoms with van der Waals surface area (Å²) < 4.78 is 0. The molecule has 0 atom stereocenters. The van der Waals surface area contributed by atoms with E-state index < -0.39 is 0 Å². The van der Waals surface area contributed by atoms with Gasteiger partial charge in [0.2, 0.25) is 0 Å². The Kier molecular flexibility index (Phi) is 4.51. The Morgan fingerprint density at radius 3 is 2.58 bits per heavy atom. The average molecular weight is 292 g/mol. The Labute approximate surface area is 123 Å². The number of benzene rings is 2. The van der Waals surface area contributed by atoms with Gasteiger partial charge in [-0.15, -0.1) is 12.6 Å². The van der Waals surface area contributed by atoms with E-state index in [-0.39, 0.29) is 5.91 Å². The molecule has 0 aliphatic heterocycles. The molecule has 2 aromatic rings. The Bertz CT molecular complexity index is 596. The Morgan fingerprint density at radius 2 is 1.89 bits per heavy atom. The zero-order valence-electron chi connectivity index (χ0n) is 10.5. The third-order valence-corrected chi connectivity index (χ3v) is 3.38. The predicted molar refractivity (Wildman–Crippen MR) is 81.1 cm³/mol. The van der Waals surface area contributed by atoms with Crippen molar-refractivity contribution >= 4 is 30.1 Å². The fraction of sp³-hybridized carbons (Fsp3) is 0.133. The molecule has 1 amide bonds. The fourth-order valence-electron chi connectivity index (χ4n) is 1.67. The largest absolute Gasteiger partial charge is 0.348 e. The zero-order valence-corrected chi connectivity index (χ0v) is 12.1. The third-order valence-electron chi connectivity index (χ3n) is 2.77. The second-order valence-corrected chi connectivity index (χ2v) is 5.26. The number of carbonyl (C=O) groups excluding carboxylic acids is 1. The number of hydrogen-bond donors (Lipinski definition) is 2. The standard InChI is InChI=1S/C15H14ClNOS/c1-10-2-4-11(5-3-10)9-17-15(18)13-8-12(19)6-7-14(13)16/h2-8,19H,9H2,1H3,(H,17,18). The second-order valence-electron chi connectivity index (χ2n) is 4.33. The van der Waals surface area contributed by atoms with Gasteiger partial charge in [-0.1, -0.05) is 41.4 Å². The van der Waals surface area contributed by atoms with Gasteiger partial charge >= 0.3 is 0 Å². The van der Waals surface area contributed by atoms with Crippen molar-refractivity contribution in [2.45, 2.75) is 18.4 Å². The van der Waals surface area contributed by atoms with Crippen molar-refractivity contribution in [2.24, 2.45) is 0 Å². The molecule has 2 aromatic carbocycles. The van der Waals surface area contributed by atoms with Gasteiger partial charge in [0.1, 0.15) is 0 Å². The number of aryl methyl sites for hydroxylation is 1. The highest BCUT2D eigenvalue weighted by atomic mass is 35.5. The molecule has 0 radical (unpaired) electrons. The fourth-order valence-corrected chi connectivity index (χ4v) is 2.08. The topological polar surface area (TPSA) is 29.1 Å². The molecule has 0 bridgehead atoms. The van der Waals surface area contributed by atoms with E-state index in [4.69, 9.17) is 11.6 Å². The number of amides is 1. The maximum atomic E-state index is 12.0. The molecule has 0 saturated heterocycles. The van der Waals surface area contributed by atoms with Crippen molar-refractivity contribution < 1.29 is 4.79 Å². The highest BCUT2D eigenvalue weighted by molar-refractivity contribution is 7.80. The summed E-state index contributed by atoms with van der Waals surface area (Å²) in [7, 11) is 0. The third kappa shape index (κ3) is 3.75. The first-order valence-corrected chi connectivity index (χ1v) is 6.71. The Morgan fingerprint density at radius 1 is 1.21 bits per heavy atom. The minimum absolute atomic E-state index is 0.193. The van der Waals surface area contributed by atoms with Crippen molar-refractivity contribution in [3.63, 3.8) is 0 Å². The molecule has 2 rings (SSSR count). The van der Waals surface area contributed by atoms with Gasteiger partial charge in [0, 0.05) is 11.4 Å². The quantitative estimate of drug-likeness (QED) is 0.826. The molecule has 0 aromatic heterocycles. The van der Waals surface area contributed by atoms with E-state index >= 15 is 0 Å². The molecule has 4 heteroatoms. The van der Waals surface area contributed by atoms with Crippen LogP contribution in [0.2, 0.25) is 5.02 Å². The van der Waals surface area contributed by atoms with E-state index in [1.54, 1.807) is 18.2 Å². The van der Waals surface area contributed by atoms with E-state index in [0.717, 1.165) is 5.56 Å². The molecule has 0 spiro atoms. The van der Waals surface area contributed by atoms with Crippen LogP contribution in [0, 0.1) is 6.92 Å². The second kappa shape index (κ2) is 6.13. The lowest BCUT2D eigenvalue weighted by molar-refractivity contribution is 0.0951. The van der Waals surface area contributed by atoms with Crippen LogP contribution in [0.25, 0.3) is 0 Å². The van der Waals surface area contributed by atoms with Crippen molar-refractivity contribution in [3.05, 3.63) is 64.2 Å². The number of carbonyl (C=O) groups is 1. The minimum atomic E-state index is -0.193. The van der Waals surface area contributed by atoms with Crippen LogP contribution in [0.3, 0.4) is 0 Å². The molecule has 0 fully saturated rings. The summed E-state index contributed by atoms with van der Waals surface area (Å²) in [6, 6.07) is 13.1. The predicted octanol–water partition coefficient (Wildman–Crippen LogP) is 3.87. The van der Waals surface area contributed by atoms with Crippen LogP contribution >= 0.6 is 24.2 Å². The van der Waals surface area contributed by atoms with Crippen LogP contribution in [-0.2, 0) is 6.54 Å². The van der Waals surface area contributed by atoms with Gasteiger partial charge in [0.25, 0.3) is 5.91 Å². The van der Waals surface area contributed by atoms with E-state index in [1.165, 1.54) is 5.56 Å². The summed E-state index contributed by atoms with van der Waals surface area (Å²) in [5, 5.41) is 3.28. The summed E-state index contributed by atoms with van der Waals surface area (Å²) >= 11 is 10.2. The minimum Gasteiger partial charge on any atom is -0.348 e. The highest BCUT2D eigenvalue weighted by Crippen LogP contribution is 2.19. The lowest BCUT2D eigenvalue weighted by Gasteiger charge is -2.07. The monoisotopic (exact) mass is 291 g/mol. The zero-order chi connectivity index (χ0) is 13.8. The van der Waals surface area contributed by atoms with Gasteiger partial charge in [0.15, 0.2) is 0 Å². The number of thiol groups is 1. The van der Waals surface area contributed by atoms with Crippen LogP contribution in [0.5, 0.6) is 0 Å². The van der Waals surface area contributed by atoms with Crippen LogP contribution < -0.4 is 5.32 Å². The first kappa shape index (κ1) is 14.0. The highest BCUT2D eigenvalue weighted by Gasteiger charge is 2.10. The summed E-state index contributed by atoms with van der Waals surface area (Å²) in [6.45, 7) is 2.51.